The van der Waals surface area contributed by atoms with E-state index in [4.69, 9.17) is 5.73 Å². The number of benzene rings is 2. The van der Waals surface area contributed by atoms with Crippen molar-refractivity contribution in [3.8, 4) is 0 Å². The number of aromatic amines is 2. The highest BCUT2D eigenvalue weighted by Crippen LogP contribution is 2.23. The number of nitrogens with two attached hydrogens (primary N) is 1. The van der Waals surface area contributed by atoms with Crippen molar-refractivity contribution in [1.82, 2.24) is 41.5 Å². The molecule has 19 nitrogen and oxygen atoms in total. The molecule has 320 valence electrons. The van der Waals surface area contributed by atoms with Gasteiger partial charge in [-0.15, -0.1) is 0 Å². The van der Waals surface area contributed by atoms with Crippen LogP contribution in [0.4, 0.5) is 0 Å². The summed E-state index contributed by atoms with van der Waals surface area (Å²) in [4.78, 5) is 111. The number of para-hydroxylation sites is 2. The Labute approximate surface area is 348 Å². The maximum atomic E-state index is 13.9. The molecule has 1 saturated heterocycles. The van der Waals surface area contributed by atoms with Gasteiger partial charge in [-0.05, 0) is 54.5 Å². The van der Waals surface area contributed by atoms with Crippen LogP contribution in [0, 0.1) is 0 Å². The summed E-state index contributed by atoms with van der Waals surface area (Å²) in [6.07, 6.45) is 5.26. The van der Waals surface area contributed by atoms with Crippen LogP contribution in [0.25, 0.3) is 21.8 Å². The van der Waals surface area contributed by atoms with Crippen LogP contribution >= 0.6 is 11.8 Å². The molecule has 60 heavy (non-hydrogen) atoms. The molecule has 6 amide bonds. The van der Waals surface area contributed by atoms with Gasteiger partial charge in [0.1, 0.15) is 24.2 Å². The standard InChI is InChI=1S/C40H49N9O10S/c1-60-14-12-26(41)36(54)48-30(17-35(52)53)39(57)49-13-6-11-32(49)38(56)47-29(15-22-18-42-27-9-4-2-7-24(22)27)37(55)45-20-33(50)44-21-34(51)46-31(40(58)59)16-23-19-43-28-10-5-3-8-25(23)28/h2-5,7-10,18-19,26,29-32,42-43H,6,11-17,20-21,41H2,1H3,(H,44,50)(H,45,55)(H,46,51)(H,47,56)(H,48,54)(H,52,53)(H,58,59)/t26-,29-,30-,31-,32-/m0/s1. The third-order valence-electron chi connectivity index (χ3n) is 10.1. The van der Waals surface area contributed by atoms with Crippen molar-refractivity contribution in [3.05, 3.63) is 72.1 Å². The zero-order valence-electron chi connectivity index (χ0n) is 32.8. The van der Waals surface area contributed by atoms with Crippen molar-refractivity contribution in [2.24, 2.45) is 5.73 Å². The number of nitrogens with zero attached hydrogens (tertiary/aromatic N) is 1. The lowest BCUT2D eigenvalue weighted by Gasteiger charge is -2.29. The van der Waals surface area contributed by atoms with E-state index in [1.807, 2.05) is 48.7 Å². The molecule has 0 spiro atoms. The first kappa shape index (κ1) is 44.7. The zero-order valence-corrected chi connectivity index (χ0v) is 33.6. The molecule has 1 aliphatic heterocycles. The van der Waals surface area contributed by atoms with Gasteiger partial charge in [-0.1, -0.05) is 36.4 Å². The number of aromatic nitrogens is 2. The number of carboxylic acid groups (broad SMARTS) is 2. The number of thioether (sulfide) groups is 1. The second-order valence-electron chi connectivity index (χ2n) is 14.4. The van der Waals surface area contributed by atoms with E-state index < -0.39 is 97.1 Å². The fourth-order valence-corrected chi connectivity index (χ4v) is 7.52. The van der Waals surface area contributed by atoms with Gasteiger partial charge >= 0.3 is 11.9 Å². The summed E-state index contributed by atoms with van der Waals surface area (Å²) in [5.41, 5.74) is 8.88. The number of nitrogens with one attached hydrogen (secondary N) is 7. The minimum atomic E-state index is -1.50. The number of rotatable bonds is 21. The van der Waals surface area contributed by atoms with Crippen LogP contribution < -0.4 is 32.3 Å². The number of carboxylic acids is 2. The number of hydrogen-bond donors (Lipinski definition) is 10. The molecular formula is C40H49N9O10S. The number of likely N-dealkylation sites (tertiary alicyclic amines) is 1. The van der Waals surface area contributed by atoms with Crippen LogP contribution in [0.15, 0.2) is 60.9 Å². The monoisotopic (exact) mass is 847 g/mol. The molecule has 0 aliphatic carbocycles. The lowest BCUT2D eigenvalue weighted by atomic mass is 10.0. The van der Waals surface area contributed by atoms with Crippen molar-refractivity contribution in [2.45, 2.75) is 68.7 Å². The maximum Gasteiger partial charge on any atom is 0.326 e. The molecule has 0 saturated carbocycles. The Hall–Kier alpha value is -6.41. The summed E-state index contributed by atoms with van der Waals surface area (Å²) < 4.78 is 0. The molecule has 0 unspecified atom stereocenters. The minimum Gasteiger partial charge on any atom is -0.481 e. The van der Waals surface area contributed by atoms with Gasteiger partial charge in [0.2, 0.25) is 35.4 Å². The fraction of sp³-hybridized carbons (Fsp3) is 0.400. The molecule has 5 atom stereocenters. The van der Waals surface area contributed by atoms with Gasteiger partial charge in [-0.2, -0.15) is 11.8 Å². The van der Waals surface area contributed by atoms with E-state index in [1.165, 1.54) is 16.7 Å². The number of aliphatic carboxylic acids is 2. The van der Waals surface area contributed by atoms with Crippen molar-refractivity contribution < 1.29 is 48.6 Å². The Balaban J connectivity index is 1.21. The average molecular weight is 848 g/mol. The van der Waals surface area contributed by atoms with Gasteiger partial charge in [-0.25, -0.2) is 4.79 Å². The van der Waals surface area contributed by atoms with Crippen LogP contribution in [0.1, 0.15) is 36.8 Å². The fourth-order valence-electron chi connectivity index (χ4n) is 7.03. The van der Waals surface area contributed by atoms with E-state index in [9.17, 15) is 48.6 Å². The van der Waals surface area contributed by atoms with Crippen LogP contribution in [0.5, 0.6) is 0 Å². The lowest BCUT2D eigenvalue weighted by Crippen LogP contribution is -2.58. The van der Waals surface area contributed by atoms with Gasteiger partial charge in [0.05, 0.1) is 25.6 Å². The first-order chi connectivity index (χ1) is 28.7. The highest BCUT2D eigenvalue weighted by Gasteiger charge is 2.40. The molecular weight excluding hydrogens is 799 g/mol. The average Bonchev–Trinajstić information content (AvgIpc) is 3.99. The molecule has 4 aromatic rings. The van der Waals surface area contributed by atoms with Crippen molar-refractivity contribution in [3.63, 3.8) is 0 Å². The number of fused-ring (bicyclic) bond motifs is 2. The van der Waals surface area contributed by atoms with E-state index in [1.54, 1.807) is 18.5 Å². The zero-order chi connectivity index (χ0) is 43.3. The Morgan fingerprint density at radius 3 is 1.98 bits per heavy atom. The van der Waals surface area contributed by atoms with Gasteiger partial charge in [-0.3, -0.25) is 33.6 Å². The Morgan fingerprint density at radius 2 is 1.38 bits per heavy atom. The molecule has 2 aromatic heterocycles. The second kappa shape index (κ2) is 21.0. The van der Waals surface area contributed by atoms with E-state index in [2.05, 4.69) is 36.6 Å². The molecule has 11 N–H and O–H groups in total. The van der Waals surface area contributed by atoms with Crippen molar-refractivity contribution in [2.75, 3.05) is 31.6 Å². The second-order valence-corrected chi connectivity index (χ2v) is 15.4. The molecule has 1 fully saturated rings. The molecule has 1 aliphatic rings. The summed E-state index contributed by atoms with van der Waals surface area (Å²) in [6, 6.07) is 8.45. The maximum absolute atomic E-state index is 13.9. The van der Waals surface area contributed by atoms with Crippen molar-refractivity contribution >= 4 is 80.9 Å². The topological polar surface area (TPSA) is 298 Å². The molecule has 0 radical (unpaired) electrons. The summed E-state index contributed by atoms with van der Waals surface area (Å²) >= 11 is 1.47. The summed E-state index contributed by atoms with van der Waals surface area (Å²) in [6.45, 7) is -1.10. The molecule has 3 heterocycles. The van der Waals surface area contributed by atoms with Crippen LogP contribution in [0.3, 0.4) is 0 Å². The normalized spacial score (nSPS) is 15.7. The van der Waals surface area contributed by atoms with Crippen LogP contribution in [-0.2, 0) is 51.2 Å². The quantitative estimate of drug-likeness (QED) is 0.0520. The molecule has 2 aromatic carbocycles. The molecule has 5 rings (SSSR count). The third-order valence-corrected chi connectivity index (χ3v) is 10.8. The van der Waals surface area contributed by atoms with E-state index in [-0.39, 0.29) is 25.8 Å². The van der Waals surface area contributed by atoms with Gasteiger partial charge in [0, 0.05) is 53.6 Å². The number of H-pyrrole nitrogens is 2. The summed E-state index contributed by atoms with van der Waals surface area (Å²) in [7, 11) is 0. The molecule has 0 bridgehead atoms. The number of hydrogen-bond acceptors (Lipinski definition) is 10. The van der Waals surface area contributed by atoms with E-state index in [0.29, 0.717) is 29.7 Å². The first-order valence-corrected chi connectivity index (χ1v) is 20.7. The van der Waals surface area contributed by atoms with E-state index >= 15 is 0 Å². The predicted molar refractivity (Wildman–Crippen MR) is 221 cm³/mol. The van der Waals surface area contributed by atoms with Gasteiger partial charge in [0.25, 0.3) is 0 Å². The summed E-state index contributed by atoms with van der Waals surface area (Å²) in [5.74, 6) is -6.55. The van der Waals surface area contributed by atoms with Gasteiger partial charge < -0.3 is 57.4 Å². The Morgan fingerprint density at radius 1 is 0.783 bits per heavy atom. The highest BCUT2D eigenvalue weighted by atomic mass is 32.2. The van der Waals surface area contributed by atoms with Crippen molar-refractivity contribution in [1.29, 1.82) is 0 Å². The summed E-state index contributed by atoms with van der Waals surface area (Å²) in [5, 5.41) is 33.3. The van der Waals surface area contributed by atoms with E-state index in [0.717, 1.165) is 21.8 Å². The molecule has 20 heteroatoms. The third kappa shape index (κ3) is 11.8. The van der Waals surface area contributed by atoms with Gasteiger partial charge in [0.15, 0.2) is 0 Å². The Bertz CT molecular complexity index is 2220. The lowest BCUT2D eigenvalue weighted by molar-refractivity contribution is -0.146. The predicted octanol–water partition coefficient (Wildman–Crippen LogP) is -0.248. The highest BCUT2D eigenvalue weighted by molar-refractivity contribution is 7.98. The largest absolute Gasteiger partial charge is 0.481 e. The first-order valence-electron chi connectivity index (χ1n) is 19.3. The smallest absolute Gasteiger partial charge is 0.326 e. The van der Waals surface area contributed by atoms with Crippen LogP contribution in [-0.4, -0.2) is 134 Å². The Kier molecular flexibility index (Phi) is 15.7. The van der Waals surface area contributed by atoms with Crippen LogP contribution in [0.2, 0.25) is 0 Å². The number of carbonyl (C=O) groups excluding carboxylic acids is 6. The SMILES string of the molecule is CSCC[C@H](N)C(=O)N[C@@H](CC(=O)O)C(=O)N1CCC[C@H]1C(=O)N[C@@H](Cc1c[nH]c2ccccc12)C(=O)NCC(=O)NCC(=O)N[C@@H](Cc1c[nH]c2ccccc12)C(=O)O. The minimum absolute atomic E-state index is 0.0158. The number of carbonyl (C=O) groups is 8. The number of amides is 6.